The Morgan fingerprint density at radius 3 is 2.58 bits per heavy atom. The molecule has 1 aliphatic rings. The molecule has 0 aliphatic heterocycles. The first-order valence-electron chi connectivity index (χ1n) is 4.67. The van der Waals surface area contributed by atoms with Gasteiger partial charge in [-0.3, -0.25) is 0 Å². The van der Waals surface area contributed by atoms with Crippen LogP contribution in [0.2, 0.25) is 0 Å². The summed E-state index contributed by atoms with van der Waals surface area (Å²) in [5, 5.41) is 6.65. The summed E-state index contributed by atoms with van der Waals surface area (Å²) in [7, 11) is 3.76. The molecule has 2 N–H and O–H groups in total. The van der Waals surface area contributed by atoms with Crippen molar-refractivity contribution in [1.82, 2.24) is 10.6 Å². The van der Waals surface area contributed by atoms with Gasteiger partial charge < -0.3 is 15.4 Å². The van der Waals surface area contributed by atoms with Crippen LogP contribution in [0.1, 0.15) is 12.8 Å². The molecular weight excluding hydrogens is 152 g/mol. The quantitative estimate of drug-likeness (QED) is 0.539. The first-order valence-corrected chi connectivity index (χ1v) is 4.67. The van der Waals surface area contributed by atoms with E-state index >= 15 is 0 Å². The lowest BCUT2D eigenvalue weighted by Gasteiger charge is -2.14. The second-order valence-electron chi connectivity index (χ2n) is 3.70. The fourth-order valence-corrected chi connectivity index (χ4v) is 1.50. The Labute approximate surface area is 74.9 Å². The zero-order valence-electron chi connectivity index (χ0n) is 8.15. The summed E-state index contributed by atoms with van der Waals surface area (Å²) < 4.78 is 4.96. The standard InChI is InChI=1S/C9H20N2O/c1-10-7-9(3-4-9)8-11-5-6-12-2/h10-11H,3-8H2,1-2H3. The number of nitrogens with one attached hydrogen (secondary N) is 2. The predicted octanol–water partition coefficient (Wildman–Crippen LogP) is 0.222. The van der Waals surface area contributed by atoms with E-state index in [-0.39, 0.29) is 0 Å². The minimum atomic E-state index is 0.572. The molecule has 0 aromatic carbocycles. The average Bonchev–Trinajstić information content (AvgIpc) is 2.81. The van der Waals surface area contributed by atoms with Crippen LogP contribution in [0.3, 0.4) is 0 Å². The first kappa shape index (κ1) is 9.96. The molecule has 1 saturated carbocycles. The average molecular weight is 172 g/mol. The topological polar surface area (TPSA) is 33.3 Å². The number of hydrogen-bond donors (Lipinski definition) is 2. The van der Waals surface area contributed by atoms with Crippen molar-refractivity contribution in [2.24, 2.45) is 5.41 Å². The van der Waals surface area contributed by atoms with Crippen molar-refractivity contribution < 1.29 is 4.74 Å². The van der Waals surface area contributed by atoms with Crippen LogP contribution in [0.5, 0.6) is 0 Å². The van der Waals surface area contributed by atoms with E-state index in [9.17, 15) is 0 Å². The minimum Gasteiger partial charge on any atom is -0.383 e. The van der Waals surface area contributed by atoms with Gasteiger partial charge in [-0.2, -0.15) is 0 Å². The van der Waals surface area contributed by atoms with Gasteiger partial charge >= 0.3 is 0 Å². The third-order valence-electron chi connectivity index (χ3n) is 2.49. The third-order valence-corrected chi connectivity index (χ3v) is 2.49. The normalized spacial score (nSPS) is 19.5. The number of ether oxygens (including phenoxy) is 1. The molecule has 0 unspecified atom stereocenters. The van der Waals surface area contributed by atoms with Gasteiger partial charge in [0, 0.05) is 26.7 Å². The summed E-state index contributed by atoms with van der Waals surface area (Å²) in [6.45, 7) is 4.07. The molecule has 1 aliphatic carbocycles. The van der Waals surface area contributed by atoms with Gasteiger partial charge in [0.05, 0.1) is 6.61 Å². The van der Waals surface area contributed by atoms with Crippen molar-refractivity contribution in [3.63, 3.8) is 0 Å². The van der Waals surface area contributed by atoms with Crippen molar-refractivity contribution in [3.8, 4) is 0 Å². The van der Waals surface area contributed by atoms with Gasteiger partial charge in [-0.15, -0.1) is 0 Å². The van der Waals surface area contributed by atoms with Gasteiger partial charge in [-0.25, -0.2) is 0 Å². The first-order chi connectivity index (χ1) is 5.83. The molecule has 0 atom stereocenters. The number of hydrogen-bond acceptors (Lipinski definition) is 3. The molecule has 0 spiro atoms. The van der Waals surface area contributed by atoms with Crippen LogP contribution >= 0.6 is 0 Å². The zero-order chi connectivity index (χ0) is 8.86. The maximum absolute atomic E-state index is 4.96. The molecule has 0 amide bonds. The van der Waals surface area contributed by atoms with Gasteiger partial charge in [0.1, 0.15) is 0 Å². The smallest absolute Gasteiger partial charge is 0.0587 e. The van der Waals surface area contributed by atoms with Gasteiger partial charge in [-0.05, 0) is 25.3 Å². The Morgan fingerprint density at radius 2 is 2.08 bits per heavy atom. The van der Waals surface area contributed by atoms with Crippen molar-refractivity contribution in [1.29, 1.82) is 0 Å². The van der Waals surface area contributed by atoms with Crippen LogP contribution < -0.4 is 10.6 Å². The summed E-state index contributed by atoms with van der Waals surface area (Å²) in [5.41, 5.74) is 0.572. The second kappa shape index (κ2) is 4.80. The molecule has 0 heterocycles. The Balaban J connectivity index is 1.98. The van der Waals surface area contributed by atoms with Gasteiger partial charge in [-0.1, -0.05) is 0 Å². The Hall–Kier alpha value is -0.120. The molecule has 3 heteroatoms. The van der Waals surface area contributed by atoms with Gasteiger partial charge in [0.25, 0.3) is 0 Å². The van der Waals surface area contributed by atoms with Crippen molar-refractivity contribution >= 4 is 0 Å². The predicted molar refractivity (Wildman–Crippen MR) is 50.3 cm³/mol. The maximum Gasteiger partial charge on any atom is 0.0587 e. The van der Waals surface area contributed by atoms with E-state index < -0.39 is 0 Å². The number of rotatable bonds is 7. The summed E-state index contributed by atoms with van der Waals surface area (Å²) >= 11 is 0. The van der Waals surface area contributed by atoms with Crippen molar-refractivity contribution in [2.45, 2.75) is 12.8 Å². The molecule has 1 rings (SSSR count). The molecule has 1 fully saturated rings. The molecule has 0 saturated heterocycles. The molecule has 12 heavy (non-hydrogen) atoms. The van der Waals surface area contributed by atoms with E-state index in [0.717, 1.165) is 26.2 Å². The maximum atomic E-state index is 4.96. The van der Waals surface area contributed by atoms with E-state index in [0.29, 0.717) is 5.41 Å². The van der Waals surface area contributed by atoms with E-state index in [1.807, 2.05) is 7.05 Å². The second-order valence-corrected chi connectivity index (χ2v) is 3.70. The van der Waals surface area contributed by atoms with Crippen molar-refractivity contribution in [2.75, 3.05) is 40.4 Å². The highest BCUT2D eigenvalue weighted by molar-refractivity contribution is 4.96. The molecule has 0 aromatic heterocycles. The minimum absolute atomic E-state index is 0.572. The van der Waals surface area contributed by atoms with Crippen LogP contribution in [0, 0.1) is 5.41 Å². The molecule has 3 nitrogen and oxygen atoms in total. The monoisotopic (exact) mass is 172 g/mol. The largest absolute Gasteiger partial charge is 0.383 e. The lowest BCUT2D eigenvalue weighted by molar-refractivity contribution is 0.197. The molecule has 0 aromatic rings. The van der Waals surface area contributed by atoms with Crippen LogP contribution in [-0.4, -0.2) is 40.4 Å². The highest BCUT2D eigenvalue weighted by Crippen LogP contribution is 2.44. The summed E-state index contributed by atoms with van der Waals surface area (Å²) in [4.78, 5) is 0. The van der Waals surface area contributed by atoms with E-state index in [1.54, 1.807) is 7.11 Å². The fraction of sp³-hybridized carbons (Fsp3) is 1.00. The number of methoxy groups -OCH3 is 1. The lowest BCUT2D eigenvalue weighted by atomic mass is 10.1. The van der Waals surface area contributed by atoms with Crippen LogP contribution in [0.25, 0.3) is 0 Å². The van der Waals surface area contributed by atoms with Crippen molar-refractivity contribution in [3.05, 3.63) is 0 Å². The summed E-state index contributed by atoms with van der Waals surface area (Å²) in [5.74, 6) is 0. The SMILES string of the molecule is CNCC1(CNCCOC)CC1. The molecule has 0 bridgehead atoms. The zero-order valence-corrected chi connectivity index (χ0v) is 8.15. The summed E-state index contributed by atoms with van der Waals surface area (Å²) in [6, 6.07) is 0. The molecule has 0 radical (unpaired) electrons. The van der Waals surface area contributed by atoms with Crippen LogP contribution in [-0.2, 0) is 4.74 Å². The Kier molecular flexibility index (Phi) is 3.98. The lowest BCUT2D eigenvalue weighted by Crippen LogP contribution is -2.32. The third kappa shape index (κ3) is 3.09. The van der Waals surface area contributed by atoms with Gasteiger partial charge in [0.15, 0.2) is 0 Å². The van der Waals surface area contributed by atoms with E-state index in [1.165, 1.54) is 12.8 Å². The molecular formula is C9H20N2O. The molecule has 72 valence electrons. The van der Waals surface area contributed by atoms with E-state index in [4.69, 9.17) is 4.74 Å². The fourth-order valence-electron chi connectivity index (χ4n) is 1.50. The Bertz CT molecular complexity index is 124. The van der Waals surface area contributed by atoms with Crippen LogP contribution in [0.4, 0.5) is 0 Å². The Morgan fingerprint density at radius 1 is 1.33 bits per heavy atom. The van der Waals surface area contributed by atoms with Crippen LogP contribution in [0.15, 0.2) is 0 Å². The highest BCUT2D eigenvalue weighted by Gasteiger charge is 2.41. The highest BCUT2D eigenvalue weighted by atomic mass is 16.5. The summed E-state index contributed by atoms with van der Waals surface area (Å²) in [6.07, 6.45) is 2.74. The van der Waals surface area contributed by atoms with Gasteiger partial charge in [0.2, 0.25) is 0 Å². The van der Waals surface area contributed by atoms with E-state index in [2.05, 4.69) is 10.6 Å².